The third-order valence-electron chi connectivity index (χ3n) is 4.04. The van der Waals surface area contributed by atoms with E-state index in [1.165, 1.54) is 47.9 Å². The molecule has 0 spiro atoms. The molecule has 9 heteroatoms. The third kappa shape index (κ3) is 3.99. The number of hydrogen-bond donors (Lipinski definition) is 2. The number of aromatic nitrogens is 2. The van der Waals surface area contributed by atoms with Crippen LogP contribution in [0.3, 0.4) is 0 Å². The number of hydroxylamine groups is 1. The summed E-state index contributed by atoms with van der Waals surface area (Å²) in [6.07, 6.45) is -3.60. The molecule has 28 heavy (non-hydrogen) atoms. The lowest BCUT2D eigenvalue weighted by Crippen LogP contribution is -2.27. The van der Waals surface area contributed by atoms with Crippen molar-refractivity contribution in [2.24, 2.45) is 0 Å². The van der Waals surface area contributed by atoms with Crippen molar-refractivity contribution in [2.45, 2.75) is 12.1 Å². The Morgan fingerprint density at radius 1 is 1.04 bits per heavy atom. The number of nitrogens with zero attached hydrogens (tertiary/aromatic N) is 2. The van der Waals surface area contributed by atoms with Gasteiger partial charge in [-0.1, -0.05) is 42.5 Å². The van der Waals surface area contributed by atoms with E-state index in [0.29, 0.717) is 5.56 Å². The lowest BCUT2D eigenvalue weighted by atomic mass is 9.89. The molecule has 0 bridgehead atoms. The summed E-state index contributed by atoms with van der Waals surface area (Å²) in [4.78, 5) is 19.4. The number of hydrogen-bond acceptors (Lipinski definition) is 4. The molecule has 1 aromatic heterocycles. The molecule has 0 aliphatic heterocycles. The van der Waals surface area contributed by atoms with Crippen LogP contribution in [0.15, 0.2) is 60.8 Å². The van der Waals surface area contributed by atoms with Crippen LogP contribution in [0, 0.1) is 5.82 Å². The van der Waals surface area contributed by atoms with Crippen molar-refractivity contribution in [1.29, 1.82) is 0 Å². The summed E-state index contributed by atoms with van der Waals surface area (Å²) < 4.78 is 52.6. The molecule has 1 atom stereocenters. The van der Waals surface area contributed by atoms with Gasteiger partial charge in [0.15, 0.2) is 5.82 Å². The molecule has 144 valence electrons. The zero-order valence-corrected chi connectivity index (χ0v) is 14.1. The van der Waals surface area contributed by atoms with Crippen LogP contribution >= 0.6 is 0 Å². The Kier molecular flexibility index (Phi) is 5.36. The maximum absolute atomic E-state index is 14.1. The molecule has 2 aromatic carbocycles. The Morgan fingerprint density at radius 2 is 1.71 bits per heavy atom. The summed E-state index contributed by atoms with van der Waals surface area (Å²) in [6, 6.07) is 12.1. The highest BCUT2D eigenvalue weighted by Crippen LogP contribution is 2.30. The fourth-order valence-corrected chi connectivity index (χ4v) is 2.73. The highest BCUT2D eigenvalue weighted by atomic mass is 19.4. The zero-order valence-electron chi connectivity index (χ0n) is 14.1. The lowest BCUT2D eigenvalue weighted by molar-refractivity contribution is -0.141. The molecule has 5 nitrogen and oxygen atoms in total. The van der Waals surface area contributed by atoms with Gasteiger partial charge in [0.1, 0.15) is 11.5 Å². The highest BCUT2D eigenvalue weighted by molar-refractivity contribution is 5.86. The first-order valence-corrected chi connectivity index (χ1v) is 8.00. The SMILES string of the molecule is O=C(NO)C(c1ccc(-c2nccc(C(F)(F)F)n2)cc1)c1ccccc1F. The van der Waals surface area contributed by atoms with Crippen LogP contribution in [0.25, 0.3) is 11.4 Å². The third-order valence-corrected chi connectivity index (χ3v) is 4.04. The molecule has 3 rings (SSSR count). The second-order valence-corrected chi connectivity index (χ2v) is 5.82. The number of halogens is 4. The van der Waals surface area contributed by atoms with Crippen LogP contribution in [0.2, 0.25) is 0 Å². The Balaban J connectivity index is 1.99. The minimum atomic E-state index is -4.60. The number of rotatable bonds is 4. The number of amides is 1. The van der Waals surface area contributed by atoms with Gasteiger partial charge in [0.05, 0.1) is 5.92 Å². The van der Waals surface area contributed by atoms with Crippen LogP contribution in [0.4, 0.5) is 17.6 Å². The van der Waals surface area contributed by atoms with Gasteiger partial charge in [0.2, 0.25) is 0 Å². The smallest absolute Gasteiger partial charge is 0.289 e. The van der Waals surface area contributed by atoms with Gasteiger partial charge >= 0.3 is 6.18 Å². The summed E-state index contributed by atoms with van der Waals surface area (Å²) in [6.45, 7) is 0. The van der Waals surface area contributed by atoms with Gasteiger partial charge in [0.25, 0.3) is 5.91 Å². The van der Waals surface area contributed by atoms with Crippen LogP contribution in [0.1, 0.15) is 22.7 Å². The van der Waals surface area contributed by atoms with Gasteiger partial charge in [-0.3, -0.25) is 10.0 Å². The molecule has 1 unspecified atom stereocenters. The quantitative estimate of drug-likeness (QED) is 0.401. The van der Waals surface area contributed by atoms with Crippen molar-refractivity contribution >= 4 is 5.91 Å². The van der Waals surface area contributed by atoms with E-state index in [4.69, 9.17) is 5.21 Å². The minimum absolute atomic E-state index is 0.0390. The number of carbonyl (C=O) groups excluding carboxylic acids is 1. The first-order chi connectivity index (χ1) is 13.3. The predicted octanol–water partition coefficient (Wildman–Crippen LogP) is 3.94. The molecule has 2 N–H and O–H groups in total. The highest BCUT2D eigenvalue weighted by Gasteiger charge is 2.33. The maximum atomic E-state index is 14.1. The van der Waals surface area contributed by atoms with Gasteiger partial charge in [-0.2, -0.15) is 13.2 Å². The van der Waals surface area contributed by atoms with Gasteiger partial charge in [0, 0.05) is 17.3 Å². The second-order valence-electron chi connectivity index (χ2n) is 5.82. The van der Waals surface area contributed by atoms with Gasteiger partial charge < -0.3 is 0 Å². The first kappa shape index (κ1) is 19.4. The molecule has 0 saturated carbocycles. The van der Waals surface area contributed by atoms with Crippen molar-refractivity contribution in [2.75, 3.05) is 0 Å². The standard InChI is InChI=1S/C19H13F4N3O2/c20-14-4-2-1-3-13(14)16(18(27)26-28)11-5-7-12(8-6-11)17-24-10-9-15(25-17)19(21,22)23/h1-10,16,28H,(H,26,27). The van der Waals surface area contributed by atoms with E-state index >= 15 is 0 Å². The lowest BCUT2D eigenvalue weighted by Gasteiger charge is -2.17. The Morgan fingerprint density at radius 3 is 2.32 bits per heavy atom. The summed E-state index contributed by atoms with van der Waals surface area (Å²) >= 11 is 0. The molecule has 1 heterocycles. The topological polar surface area (TPSA) is 75.1 Å². The number of carbonyl (C=O) groups is 1. The molecule has 1 amide bonds. The Hall–Kier alpha value is -3.33. The normalized spacial score (nSPS) is 12.5. The minimum Gasteiger partial charge on any atom is -0.289 e. The first-order valence-electron chi connectivity index (χ1n) is 8.00. The van der Waals surface area contributed by atoms with Gasteiger partial charge in [-0.25, -0.2) is 19.8 Å². The summed E-state index contributed by atoms with van der Waals surface area (Å²) in [5.74, 6) is -2.78. The van der Waals surface area contributed by atoms with E-state index in [0.717, 1.165) is 12.3 Å². The predicted molar refractivity (Wildman–Crippen MR) is 90.6 cm³/mol. The second kappa shape index (κ2) is 7.73. The van der Waals surface area contributed by atoms with E-state index < -0.39 is 29.5 Å². The Bertz CT molecular complexity index is 991. The monoisotopic (exact) mass is 391 g/mol. The Labute approximate surface area is 156 Å². The van der Waals surface area contributed by atoms with Gasteiger partial charge in [-0.05, 0) is 17.7 Å². The fourth-order valence-electron chi connectivity index (χ4n) is 2.73. The van der Waals surface area contributed by atoms with Crippen molar-refractivity contribution in [1.82, 2.24) is 15.4 Å². The van der Waals surface area contributed by atoms with Gasteiger partial charge in [-0.15, -0.1) is 0 Å². The number of benzene rings is 2. The average Bonchev–Trinajstić information content (AvgIpc) is 2.69. The van der Waals surface area contributed by atoms with Crippen molar-refractivity contribution in [3.63, 3.8) is 0 Å². The van der Waals surface area contributed by atoms with E-state index in [1.807, 2.05) is 0 Å². The molecular formula is C19H13F4N3O2. The largest absolute Gasteiger partial charge is 0.433 e. The molecule has 0 saturated heterocycles. The van der Waals surface area contributed by atoms with E-state index in [9.17, 15) is 22.4 Å². The maximum Gasteiger partial charge on any atom is 0.433 e. The van der Waals surface area contributed by atoms with Crippen molar-refractivity contribution in [3.8, 4) is 11.4 Å². The fraction of sp³-hybridized carbons (Fsp3) is 0.105. The summed E-state index contributed by atoms with van der Waals surface area (Å²) in [5.41, 5.74) is 1.08. The molecule has 0 aliphatic rings. The van der Waals surface area contributed by atoms with E-state index in [2.05, 4.69) is 9.97 Å². The molecular weight excluding hydrogens is 378 g/mol. The summed E-state index contributed by atoms with van der Waals surface area (Å²) in [7, 11) is 0. The molecule has 3 aromatic rings. The van der Waals surface area contributed by atoms with E-state index in [-0.39, 0.29) is 17.0 Å². The zero-order chi connectivity index (χ0) is 20.3. The number of alkyl halides is 3. The van der Waals surface area contributed by atoms with Crippen LogP contribution in [0.5, 0.6) is 0 Å². The number of nitrogens with one attached hydrogen (secondary N) is 1. The molecule has 0 radical (unpaired) electrons. The van der Waals surface area contributed by atoms with Crippen LogP contribution in [-0.4, -0.2) is 21.1 Å². The van der Waals surface area contributed by atoms with Crippen LogP contribution < -0.4 is 5.48 Å². The molecule has 0 fully saturated rings. The molecule has 0 aliphatic carbocycles. The van der Waals surface area contributed by atoms with Crippen molar-refractivity contribution in [3.05, 3.63) is 83.4 Å². The summed E-state index contributed by atoms with van der Waals surface area (Å²) in [5, 5.41) is 9.01. The van der Waals surface area contributed by atoms with E-state index in [1.54, 1.807) is 6.07 Å². The van der Waals surface area contributed by atoms with Crippen molar-refractivity contribution < 1.29 is 27.6 Å². The average molecular weight is 391 g/mol. The van der Waals surface area contributed by atoms with Crippen LogP contribution in [-0.2, 0) is 11.0 Å².